The van der Waals surface area contributed by atoms with Gasteiger partial charge in [0, 0.05) is 19.0 Å². The Kier molecular flexibility index (Phi) is 7.73. The van der Waals surface area contributed by atoms with Gasteiger partial charge in [-0.15, -0.1) is 0 Å². The van der Waals surface area contributed by atoms with Crippen LogP contribution in [-0.4, -0.2) is 53.7 Å². The second-order valence-corrected chi connectivity index (χ2v) is 9.91. The molecule has 0 saturated carbocycles. The average Bonchev–Trinajstić information content (AvgIpc) is 3.18. The molecule has 2 aromatic carbocycles. The number of ether oxygens (including phenoxy) is 1. The van der Waals surface area contributed by atoms with Crippen LogP contribution in [0.25, 0.3) is 11.1 Å². The van der Waals surface area contributed by atoms with Gasteiger partial charge in [-0.2, -0.15) is 0 Å². The lowest BCUT2D eigenvalue weighted by Gasteiger charge is -2.35. The number of hydrogen-bond acceptors (Lipinski definition) is 4. The molecule has 2 aromatic rings. The van der Waals surface area contributed by atoms with Crippen LogP contribution >= 0.6 is 0 Å². The van der Waals surface area contributed by atoms with Crippen molar-refractivity contribution in [3.63, 3.8) is 0 Å². The van der Waals surface area contributed by atoms with E-state index in [-0.39, 0.29) is 30.9 Å². The summed E-state index contributed by atoms with van der Waals surface area (Å²) in [5, 5.41) is 12.3. The Labute approximate surface area is 206 Å². The maximum absolute atomic E-state index is 13.3. The first-order valence-electron chi connectivity index (χ1n) is 12.5. The number of carboxylic acids is 1. The summed E-state index contributed by atoms with van der Waals surface area (Å²) in [5.74, 6) is -1.47. The number of rotatable bonds is 8. The molecule has 35 heavy (non-hydrogen) atoms. The molecule has 2 unspecified atom stereocenters. The van der Waals surface area contributed by atoms with Crippen molar-refractivity contribution in [3.8, 4) is 11.1 Å². The van der Waals surface area contributed by atoms with Crippen molar-refractivity contribution >= 4 is 18.0 Å². The number of alkyl carbamates (subject to hydrolysis) is 1. The van der Waals surface area contributed by atoms with Crippen LogP contribution in [0.4, 0.5) is 4.79 Å². The zero-order chi connectivity index (χ0) is 24.9. The van der Waals surface area contributed by atoms with E-state index in [1.165, 1.54) is 4.90 Å². The quantitative estimate of drug-likeness (QED) is 0.576. The molecule has 1 fully saturated rings. The van der Waals surface area contributed by atoms with Crippen LogP contribution in [0.1, 0.15) is 56.6 Å². The molecule has 7 nitrogen and oxygen atoms in total. The van der Waals surface area contributed by atoms with Crippen molar-refractivity contribution in [1.29, 1.82) is 0 Å². The highest BCUT2D eigenvalue weighted by Crippen LogP contribution is 2.44. The predicted molar refractivity (Wildman–Crippen MR) is 133 cm³/mol. The lowest BCUT2D eigenvalue weighted by atomic mass is 9.93. The van der Waals surface area contributed by atoms with E-state index in [9.17, 15) is 19.5 Å². The van der Waals surface area contributed by atoms with Gasteiger partial charge in [-0.25, -0.2) is 9.59 Å². The van der Waals surface area contributed by atoms with Gasteiger partial charge in [0.1, 0.15) is 12.6 Å². The fourth-order valence-electron chi connectivity index (χ4n) is 5.38. The minimum absolute atomic E-state index is 0.0362. The van der Waals surface area contributed by atoms with Crippen molar-refractivity contribution < 1.29 is 24.2 Å². The maximum atomic E-state index is 13.3. The maximum Gasteiger partial charge on any atom is 0.407 e. The van der Waals surface area contributed by atoms with E-state index in [1.54, 1.807) is 0 Å². The van der Waals surface area contributed by atoms with Gasteiger partial charge in [-0.1, -0.05) is 62.4 Å². The van der Waals surface area contributed by atoms with Gasteiger partial charge in [-0.05, 0) is 53.9 Å². The third kappa shape index (κ3) is 5.50. The highest BCUT2D eigenvalue weighted by atomic mass is 16.5. The van der Waals surface area contributed by atoms with Crippen molar-refractivity contribution in [3.05, 3.63) is 59.7 Å². The van der Waals surface area contributed by atoms with Crippen LogP contribution < -0.4 is 5.32 Å². The van der Waals surface area contributed by atoms with E-state index in [4.69, 9.17) is 4.74 Å². The van der Waals surface area contributed by atoms with Crippen LogP contribution in [-0.2, 0) is 14.3 Å². The summed E-state index contributed by atoms with van der Waals surface area (Å²) in [7, 11) is 0. The summed E-state index contributed by atoms with van der Waals surface area (Å²) in [6, 6.07) is 15.5. The number of carbonyl (C=O) groups excluding carboxylic acids is 2. The standard InChI is InChI=1S/C28H34N2O5/c1-18(2)15-19(26(31)30-14-8-7-13-25(30)27(32)33)16-29-28(34)35-17-24-22-11-5-3-9-20(22)21-10-4-6-12-23(21)24/h3-6,9-12,18-19,24-25H,7-8,13-17H2,1-2H3,(H,29,34)(H,32,33). The summed E-state index contributed by atoms with van der Waals surface area (Å²) in [4.78, 5) is 39.1. The van der Waals surface area contributed by atoms with Gasteiger partial charge >= 0.3 is 12.1 Å². The minimum Gasteiger partial charge on any atom is -0.480 e. The van der Waals surface area contributed by atoms with Crippen molar-refractivity contribution in [2.75, 3.05) is 19.7 Å². The van der Waals surface area contributed by atoms with Gasteiger partial charge in [0.15, 0.2) is 0 Å². The van der Waals surface area contributed by atoms with Crippen molar-refractivity contribution in [1.82, 2.24) is 10.2 Å². The third-order valence-electron chi connectivity index (χ3n) is 7.01. The molecule has 2 atom stereocenters. The Morgan fingerprint density at radius 2 is 1.66 bits per heavy atom. The molecule has 186 valence electrons. The largest absolute Gasteiger partial charge is 0.480 e. The molecule has 1 heterocycles. The molecule has 1 saturated heterocycles. The number of carbonyl (C=O) groups is 3. The molecule has 7 heteroatoms. The third-order valence-corrected chi connectivity index (χ3v) is 7.01. The Hall–Kier alpha value is -3.35. The number of nitrogens with one attached hydrogen (secondary N) is 1. The molecule has 0 spiro atoms. The first kappa shape index (κ1) is 24.8. The number of amides is 2. The number of likely N-dealkylation sites (tertiary alicyclic amines) is 1. The lowest BCUT2D eigenvalue weighted by Crippen LogP contribution is -2.52. The zero-order valence-electron chi connectivity index (χ0n) is 20.4. The molecule has 0 aromatic heterocycles. The van der Waals surface area contributed by atoms with Crippen LogP contribution in [0.15, 0.2) is 48.5 Å². The summed E-state index contributed by atoms with van der Waals surface area (Å²) in [6.07, 6.45) is 2.06. The second-order valence-electron chi connectivity index (χ2n) is 9.91. The molecule has 0 radical (unpaired) electrons. The van der Waals surface area contributed by atoms with E-state index in [1.807, 2.05) is 38.1 Å². The number of aliphatic carboxylic acids is 1. The van der Waals surface area contributed by atoms with Crippen LogP contribution in [0.5, 0.6) is 0 Å². The number of fused-ring (bicyclic) bond motifs is 3. The first-order valence-corrected chi connectivity index (χ1v) is 12.5. The number of hydrogen-bond donors (Lipinski definition) is 2. The number of carboxylic acid groups (broad SMARTS) is 1. The Bertz CT molecular complexity index is 1040. The predicted octanol–water partition coefficient (Wildman–Crippen LogP) is 4.65. The molecular formula is C28H34N2O5. The van der Waals surface area contributed by atoms with Gasteiger partial charge < -0.3 is 20.1 Å². The van der Waals surface area contributed by atoms with Gasteiger partial charge in [-0.3, -0.25) is 4.79 Å². The number of nitrogens with zero attached hydrogens (tertiary/aromatic N) is 1. The molecule has 1 aliphatic heterocycles. The van der Waals surface area contributed by atoms with Crippen LogP contribution in [0.2, 0.25) is 0 Å². The van der Waals surface area contributed by atoms with Gasteiger partial charge in [0.2, 0.25) is 5.91 Å². The number of benzene rings is 2. The van der Waals surface area contributed by atoms with Gasteiger partial charge in [0.05, 0.1) is 5.92 Å². The summed E-state index contributed by atoms with van der Waals surface area (Å²) >= 11 is 0. The zero-order valence-corrected chi connectivity index (χ0v) is 20.4. The average molecular weight is 479 g/mol. The first-order chi connectivity index (χ1) is 16.9. The van der Waals surface area contributed by atoms with E-state index in [0.29, 0.717) is 19.4 Å². The smallest absolute Gasteiger partial charge is 0.407 e. The van der Waals surface area contributed by atoms with E-state index in [0.717, 1.165) is 35.1 Å². The van der Waals surface area contributed by atoms with E-state index < -0.39 is 24.0 Å². The molecular weight excluding hydrogens is 444 g/mol. The number of piperidine rings is 1. The topological polar surface area (TPSA) is 95.9 Å². The highest BCUT2D eigenvalue weighted by molar-refractivity contribution is 5.86. The molecule has 1 aliphatic carbocycles. The Balaban J connectivity index is 1.38. The van der Waals surface area contributed by atoms with Crippen molar-refractivity contribution in [2.24, 2.45) is 11.8 Å². The van der Waals surface area contributed by atoms with Crippen LogP contribution in [0.3, 0.4) is 0 Å². The van der Waals surface area contributed by atoms with E-state index in [2.05, 4.69) is 29.6 Å². The second kappa shape index (κ2) is 10.9. The van der Waals surface area contributed by atoms with Crippen molar-refractivity contribution in [2.45, 2.75) is 51.5 Å². The monoisotopic (exact) mass is 478 g/mol. The Morgan fingerprint density at radius 3 is 2.26 bits per heavy atom. The molecule has 2 aliphatic rings. The van der Waals surface area contributed by atoms with Gasteiger partial charge in [0.25, 0.3) is 0 Å². The molecule has 2 N–H and O–H groups in total. The molecule has 2 amide bonds. The minimum atomic E-state index is -0.967. The SMILES string of the molecule is CC(C)CC(CNC(=O)OCC1c2ccccc2-c2ccccc21)C(=O)N1CCCCC1C(=O)O. The summed E-state index contributed by atoms with van der Waals surface area (Å²) in [5.41, 5.74) is 4.60. The van der Waals surface area contributed by atoms with E-state index >= 15 is 0 Å². The summed E-state index contributed by atoms with van der Waals surface area (Å²) < 4.78 is 5.61. The lowest BCUT2D eigenvalue weighted by molar-refractivity contribution is -0.154. The molecule has 4 rings (SSSR count). The van der Waals surface area contributed by atoms with Crippen LogP contribution in [0, 0.1) is 11.8 Å². The highest BCUT2D eigenvalue weighted by Gasteiger charge is 2.36. The normalized spacial score (nSPS) is 18.0. The summed E-state index contributed by atoms with van der Waals surface area (Å²) in [6.45, 7) is 4.79. The fourth-order valence-corrected chi connectivity index (χ4v) is 5.38. The molecule has 0 bridgehead atoms. The Morgan fingerprint density at radius 1 is 1.03 bits per heavy atom. The fraction of sp³-hybridized carbons (Fsp3) is 0.464.